The maximum absolute atomic E-state index is 13.2. The maximum atomic E-state index is 13.2. The average Bonchev–Trinajstić information content (AvgIpc) is 3.48. The van der Waals surface area contributed by atoms with E-state index in [-0.39, 0.29) is 18.1 Å². The second-order valence-corrected chi connectivity index (χ2v) is 8.12. The molecule has 30 heavy (non-hydrogen) atoms. The molecule has 1 aromatic heterocycles. The summed E-state index contributed by atoms with van der Waals surface area (Å²) in [7, 11) is 0. The lowest BCUT2D eigenvalue weighted by Gasteiger charge is -2.27. The number of nitrogens with zero attached hydrogens (tertiary/aromatic N) is 1. The Hall–Kier alpha value is -3.29. The van der Waals surface area contributed by atoms with Crippen LogP contribution < -0.4 is 14.4 Å². The standard InChI is InChI=1S/C22H14ClNO5S/c23-13-5-3-12(4-6-13)19-18(20(25)17-2-1-9-30-17)21(26)22(27)24(19)14-7-8-15-16(10-14)29-11-28-15/h1-10,19,26H,11H2. The molecule has 6 nitrogen and oxygen atoms in total. The molecule has 2 aromatic carbocycles. The molecule has 2 aliphatic rings. The highest BCUT2D eigenvalue weighted by molar-refractivity contribution is 7.12. The maximum Gasteiger partial charge on any atom is 0.294 e. The summed E-state index contributed by atoms with van der Waals surface area (Å²) in [5.41, 5.74) is 1.15. The SMILES string of the molecule is O=C(C1=C(O)C(=O)N(c2ccc3c(c2)OCO3)C1c1ccc(Cl)cc1)c1cccs1. The highest BCUT2D eigenvalue weighted by Crippen LogP contribution is 2.45. The van der Waals surface area contributed by atoms with Crippen molar-refractivity contribution in [3.05, 3.63) is 86.8 Å². The van der Waals surface area contributed by atoms with Gasteiger partial charge in [-0.1, -0.05) is 29.8 Å². The minimum absolute atomic E-state index is 0.0300. The zero-order valence-electron chi connectivity index (χ0n) is 15.4. The van der Waals surface area contributed by atoms with Crippen LogP contribution in [0.2, 0.25) is 5.02 Å². The van der Waals surface area contributed by atoms with Gasteiger partial charge in [-0.15, -0.1) is 11.3 Å². The van der Waals surface area contributed by atoms with Gasteiger partial charge in [-0.2, -0.15) is 0 Å². The summed E-state index contributed by atoms with van der Waals surface area (Å²) in [5, 5.41) is 13.0. The van der Waals surface area contributed by atoms with E-state index < -0.39 is 17.7 Å². The van der Waals surface area contributed by atoms with Crippen LogP contribution in [0, 0.1) is 0 Å². The van der Waals surface area contributed by atoms with Gasteiger partial charge in [-0.25, -0.2) is 0 Å². The van der Waals surface area contributed by atoms with E-state index in [1.807, 2.05) is 0 Å². The van der Waals surface area contributed by atoms with E-state index in [0.29, 0.717) is 32.6 Å². The predicted octanol–water partition coefficient (Wildman–Crippen LogP) is 4.91. The van der Waals surface area contributed by atoms with Gasteiger partial charge in [0.25, 0.3) is 5.91 Å². The fraction of sp³-hybridized carbons (Fsp3) is 0.0909. The third-order valence-electron chi connectivity index (χ3n) is 5.02. The molecule has 1 N–H and O–H groups in total. The third kappa shape index (κ3) is 2.94. The van der Waals surface area contributed by atoms with Crippen LogP contribution in [-0.2, 0) is 4.79 Å². The summed E-state index contributed by atoms with van der Waals surface area (Å²) in [6.07, 6.45) is 0. The van der Waals surface area contributed by atoms with E-state index in [1.54, 1.807) is 60.0 Å². The number of amides is 1. The van der Waals surface area contributed by atoms with Gasteiger partial charge >= 0.3 is 0 Å². The highest BCUT2D eigenvalue weighted by atomic mass is 35.5. The Morgan fingerprint density at radius 1 is 1.10 bits per heavy atom. The lowest BCUT2D eigenvalue weighted by atomic mass is 9.95. The first-order valence-corrected chi connectivity index (χ1v) is 10.3. The smallest absolute Gasteiger partial charge is 0.294 e. The van der Waals surface area contributed by atoms with Gasteiger partial charge in [-0.05, 0) is 41.3 Å². The Labute approximate surface area is 180 Å². The van der Waals surface area contributed by atoms with Gasteiger partial charge in [0.2, 0.25) is 12.6 Å². The Morgan fingerprint density at radius 2 is 1.87 bits per heavy atom. The van der Waals surface area contributed by atoms with Gasteiger partial charge < -0.3 is 14.6 Å². The molecule has 1 unspecified atom stereocenters. The van der Waals surface area contributed by atoms with Crippen LogP contribution in [0.15, 0.2) is 71.3 Å². The van der Waals surface area contributed by atoms with Crippen LogP contribution in [0.5, 0.6) is 11.5 Å². The molecular weight excluding hydrogens is 426 g/mol. The molecule has 3 aromatic rings. The summed E-state index contributed by atoms with van der Waals surface area (Å²) in [6, 6.07) is 14.5. The monoisotopic (exact) mass is 439 g/mol. The lowest BCUT2D eigenvalue weighted by molar-refractivity contribution is -0.117. The molecule has 0 spiro atoms. The molecular formula is C22H14ClNO5S. The molecule has 0 fully saturated rings. The summed E-state index contributed by atoms with van der Waals surface area (Å²) in [6.45, 7) is 0.0962. The molecule has 3 heterocycles. The van der Waals surface area contributed by atoms with Crippen molar-refractivity contribution in [2.75, 3.05) is 11.7 Å². The molecule has 1 amide bonds. The number of aliphatic hydroxyl groups excluding tert-OH is 1. The molecule has 2 aliphatic heterocycles. The van der Waals surface area contributed by atoms with Crippen LogP contribution in [0.4, 0.5) is 5.69 Å². The fourth-order valence-corrected chi connectivity index (χ4v) is 4.44. The van der Waals surface area contributed by atoms with Crippen molar-refractivity contribution in [1.29, 1.82) is 0 Å². The van der Waals surface area contributed by atoms with Crippen LogP contribution in [0.25, 0.3) is 0 Å². The van der Waals surface area contributed by atoms with E-state index in [2.05, 4.69) is 0 Å². The average molecular weight is 440 g/mol. The first-order chi connectivity index (χ1) is 14.5. The number of thiophene rings is 1. The van der Waals surface area contributed by atoms with Crippen molar-refractivity contribution in [1.82, 2.24) is 0 Å². The number of Topliss-reactive ketones (excluding diaryl/α,β-unsaturated/α-hetero) is 1. The molecule has 0 bridgehead atoms. The number of aliphatic hydroxyl groups is 1. The number of anilines is 1. The van der Waals surface area contributed by atoms with Crippen molar-refractivity contribution >= 4 is 40.3 Å². The predicted molar refractivity (Wildman–Crippen MR) is 113 cm³/mol. The lowest BCUT2D eigenvalue weighted by Crippen LogP contribution is -2.31. The molecule has 0 radical (unpaired) electrons. The summed E-state index contributed by atoms with van der Waals surface area (Å²) >= 11 is 7.29. The van der Waals surface area contributed by atoms with Crippen molar-refractivity contribution in [3.63, 3.8) is 0 Å². The summed E-state index contributed by atoms with van der Waals surface area (Å²) in [4.78, 5) is 28.2. The Balaban J connectivity index is 1.66. The molecule has 5 rings (SSSR count). The molecule has 0 saturated carbocycles. The number of ketones is 1. The zero-order chi connectivity index (χ0) is 20.8. The van der Waals surface area contributed by atoms with Crippen LogP contribution in [0.3, 0.4) is 0 Å². The highest BCUT2D eigenvalue weighted by Gasteiger charge is 2.45. The van der Waals surface area contributed by atoms with Gasteiger partial charge in [0.1, 0.15) is 0 Å². The second-order valence-electron chi connectivity index (χ2n) is 6.74. The quantitative estimate of drug-likeness (QED) is 0.584. The first-order valence-electron chi connectivity index (χ1n) is 9.04. The number of benzene rings is 2. The van der Waals surface area contributed by atoms with Crippen LogP contribution >= 0.6 is 22.9 Å². The normalized spacial score (nSPS) is 17.7. The molecule has 0 saturated heterocycles. The van der Waals surface area contributed by atoms with E-state index in [0.717, 1.165) is 0 Å². The Kier molecular flexibility index (Phi) is 4.49. The number of ether oxygens (including phenoxy) is 2. The third-order valence-corrected chi connectivity index (χ3v) is 6.14. The number of rotatable bonds is 4. The largest absolute Gasteiger partial charge is 0.503 e. The number of hydrogen-bond acceptors (Lipinski definition) is 6. The topological polar surface area (TPSA) is 76.1 Å². The number of carbonyl (C=O) groups excluding carboxylic acids is 2. The summed E-state index contributed by atoms with van der Waals surface area (Å²) < 4.78 is 10.8. The Bertz CT molecular complexity index is 1190. The fourth-order valence-electron chi connectivity index (χ4n) is 3.64. The van der Waals surface area contributed by atoms with Crippen molar-refractivity contribution in [2.24, 2.45) is 0 Å². The Morgan fingerprint density at radius 3 is 2.60 bits per heavy atom. The van der Waals surface area contributed by atoms with Gasteiger partial charge in [0.15, 0.2) is 17.3 Å². The van der Waals surface area contributed by atoms with Crippen LogP contribution in [0.1, 0.15) is 21.3 Å². The van der Waals surface area contributed by atoms with E-state index >= 15 is 0 Å². The van der Waals surface area contributed by atoms with Crippen molar-refractivity contribution in [2.45, 2.75) is 6.04 Å². The number of hydrogen-bond donors (Lipinski definition) is 1. The minimum atomic E-state index is -0.815. The van der Waals surface area contributed by atoms with Gasteiger partial charge in [-0.3, -0.25) is 14.5 Å². The molecule has 1 atom stereocenters. The van der Waals surface area contributed by atoms with Gasteiger partial charge in [0, 0.05) is 16.8 Å². The minimum Gasteiger partial charge on any atom is -0.503 e. The molecule has 0 aliphatic carbocycles. The summed E-state index contributed by atoms with van der Waals surface area (Å²) in [5.74, 6) is -0.549. The molecule has 150 valence electrons. The zero-order valence-corrected chi connectivity index (χ0v) is 16.9. The van der Waals surface area contributed by atoms with E-state index in [4.69, 9.17) is 21.1 Å². The van der Waals surface area contributed by atoms with E-state index in [9.17, 15) is 14.7 Å². The number of carbonyl (C=O) groups is 2. The molecule has 8 heteroatoms. The van der Waals surface area contributed by atoms with Crippen molar-refractivity contribution < 1.29 is 24.2 Å². The second kappa shape index (κ2) is 7.19. The number of halogens is 1. The van der Waals surface area contributed by atoms with Crippen LogP contribution in [-0.4, -0.2) is 23.6 Å². The first kappa shape index (κ1) is 18.7. The number of fused-ring (bicyclic) bond motifs is 1. The van der Waals surface area contributed by atoms with Crippen molar-refractivity contribution in [3.8, 4) is 11.5 Å². The van der Waals surface area contributed by atoms with Gasteiger partial charge in [0.05, 0.1) is 16.5 Å². The van der Waals surface area contributed by atoms with E-state index in [1.165, 1.54) is 16.2 Å².